The molecule has 0 aliphatic heterocycles. The average molecular weight is 144 g/mol. The molecule has 0 aliphatic rings. The highest BCUT2D eigenvalue weighted by Crippen LogP contribution is 2.17. The summed E-state index contributed by atoms with van der Waals surface area (Å²) in [5.74, 6) is 1.21. The van der Waals surface area contributed by atoms with Crippen LogP contribution >= 0.6 is 0 Å². The molecule has 1 nitrogen and oxygen atoms in total. The van der Waals surface area contributed by atoms with Crippen LogP contribution < -0.4 is 0 Å². The van der Waals surface area contributed by atoms with Crippen LogP contribution in [0.2, 0.25) is 0 Å². The molecule has 1 N–H and O–H groups in total. The van der Waals surface area contributed by atoms with Crippen LogP contribution in [0.3, 0.4) is 0 Å². The molecular weight excluding hydrogens is 124 g/mol. The SMILES string of the molecule is CC[C@@H](C)C[C@H](C)[C@@H](C)O. The molecule has 0 saturated carbocycles. The molecule has 0 spiro atoms. The smallest absolute Gasteiger partial charge is 0.0537 e. The van der Waals surface area contributed by atoms with Crippen molar-refractivity contribution in [2.24, 2.45) is 11.8 Å². The van der Waals surface area contributed by atoms with Crippen molar-refractivity contribution in [2.45, 2.75) is 46.6 Å². The third kappa shape index (κ3) is 3.89. The lowest BCUT2D eigenvalue weighted by atomic mass is 9.92. The first kappa shape index (κ1) is 9.96. The molecule has 0 bridgehead atoms. The monoisotopic (exact) mass is 144 g/mol. The summed E-state index contributed by atoms with van der Waals surface area (Å²) in [6.45, 7) is 8.40. The molecular formula is C9H20O. The van der Waals surface area contributed by atoms with Crippen LogP contribution in [0.1, 0.15) is 40.5 Å². The molecule has 0 heterocycles. The van der Waals surface area contributed by atoms with E-state index in [1.165, 1.54) is 6.42 Å². The van der Waals surface area contributed by atoms with Gasteiger partial charge in [0, 0.05) is 0 Å². The van der Waals surface area contributed by atoms with E-state index < -0.39 is 0 Å². The highest BCUT2D eigenvalue weighted by molar-refractivity contribution is 4.62. The lowest BCUT2D eigenvalue weighted by Gasteiger charge is -2.17. The Bertz CT molecular complexity index is 78.8. The first-order valence-corrected chi connectivity index (χ1v) is 4.26. The number of aliphatic hydroxyl groups is 1. The molecule has 0 aromatic carbocycles. The van der Waals surface area contributed by atoms with Crippen LogP contribution in [-0.2, 0) is 0 Å². The number of hydrogen-bond donors (Lipinski definition) is 1. The lowest BCUT2D eigenvalue weighted by molar-refractivity contribution is 0.120. The predicted octanol–water partition coefficient (Wildman–Crippen LogP) is 2.44. The fraction of sp³-hybridized carbons (Fsp3) is 1.00. The molecule has 0 fully saturated rings. The maximum absolute atomic E-state index is 9.17. The van der Waals surface area contributed by atoms with Gasteiger partial charge in [0.1, 0.15) is 0 Å². The van der Waals surface area contributed by atoms with Crippen molar-refractivity contribution in [1.29, 1.82) is 0 Å². The topological polar surface area (TPSA) is 20.2 Å². The summed E-state index contributed by atoms with van der Waals surface area (Å²) in [5, 5.41) is 9.17. The summed E-state index contributed by atoms with van der Waals surface area (Å²) in [4.78, 5) is 0. The Morgan fingerprint density at radius 2 is 1.70 bits per heavy atom. The summed E-state index contributed by atoms with van der Waals surface area (Å²) in [5.41, 5.74) is 0. The van der Waals surface area contributed by atoms with Gasteiger partial charge in [0.2, 0.25) is 0 Å². The van der Waals surface area contributed by atoms with Gasteiger partial charge in [-0.05, 0) is 25.2 Å². The van der Waals surface area contributed by atoms with Crippen molar-refractivity contribution in [2.75, 3.05) is 0 Å². The Kier molecular flexibility index (Phi) is 4.71. The van der Waals surface area contributed by atoms with Crippen LogP contribution in [-0.4, -0.2) is 11.2 Å². The number of hydrogen-bond acceptors (Lipinski definition) is 1. The van der Waals surface area contributed by atoms with E-state index in [-0.39, 0.29) is 6.10 Å². The van der Waals surface area contributed by atoms with Crippen molar-refractivity contribution < 1.29 is 5.11 Å². The van der Waals surface area contributed by atoms with Crippen LogP contribution in [0.15, 0.2) is 0 Å². The first-order chi connectivity index (χ1) is 4.57. The Morgan fingerprint density at radius 1 is 1.20 bits per heavy atom. The molecule has 0 aromatic heterocycles. The lowest BCUT2D eigenvalue weighted by Crippen LogP contribution is -2.15. The van der Waals surface area contributed by atoms with E-state index in [2.05, 4.69) is 20.8 Å². The summed E-state index contributed by atoms with van der Waals surface area (Å²) in [6, 6.07) is 0. The molecule has 0 saturated heterocycles. The van der Waals surface area contributed by atoms with Gasteiger partial charge in [0.25, 0.3) is 0 Å². The van der Waals surface area contributed by atoms with E-state index in [0.717, 1.165) is 12.3 Å². The minimum Gasteiger partial charge on any atom is -0.393 e. The summed E-state index contributed by atoms with van der Waals surface area (Å²) in [7, 11) is 0. The van der Waals surface area contributed by atoms with Gasteiger partial charge in [-0.15, -0.1) is 0 Å². The summed E-state index contributed by atoms with van der Waals surface area (Å²) < 4.78 is 0. The predicted molar refractivity (Wildman–Crippen MR) is 44.9 cm³/mol. The Balaban J connectivity index is 3.46. The van der Waals surface area contributed by atoms with Crippen molar-refractivity contribution in [3.05, 3.63) is 0 Å². The van der Waals surface area contributed by atoms with E-state index in [1.54, 1.807) is 0 Å². The molecule has 0 radical (unpaired) electrons. The minimum absolute atomic E-state index is 0.144. The molecule has 0 aromatic rings. The third-order valence-corrected chi connectivity index (χ3v) is 2.29. The second-order valence-corrected chi connectivity index (χ2v) is 3.47. The molecule has 0 unspecified atom stereocenters. The molecule has 0 aliphatic carbocycles. The van der Waals surface area contributed by atoms with Crippen LogP contribution in [0, 0.1) is 11.8 Å². The summed E-state index contributed by atoms with van der Waals surface area (Å²) >= 11 is 0. The zero-order chi connectivity index (χ0) is 8.15. The fourth-order valence-electron chi connectivity index (χ4n) is 0.998. The van der Waals surface area contributed by atoms with E-state index in [4.69, 9.17) is 5.11 Å². The zero-order valence-corrected chi connectivity index (χ0v) is 7.59. The first-order valence-electron chi connectivity index (χ1n) is 4.26. The van der Waals surface area contributed by atoms with Crippen molar-refractivity contribution in [3.8, 4) is 0 Å². The average Bonchev–Trinajstić information content (AvgIpc) is 1.87. The molecule has 62 valence electrons. The van der Waals surface area contributed by atoms with Crippen molar-refractivity contribution in [1.82, 2.24) is 0 Å². The van der Waals surface area contributed by atoms with Gasteiger partial charge in [-0.25, -0.2) is 0 Å². The molecule has 1 heteroatoms. The van der Waals surface area contributed by atoms with Gasteiger partial charge in [0.05, 0.1) is 6.10 Å². The van der Waals surface area contributed by atoms with Crippen LogP contribution in [0.4, 0.5) is 0 Å². The number of aliphatic hydroxyl groups excluding tert-OH is 1. The quantitative estimate of drug-likeness (QED) is 0.642. The minimum atomic E-state index is -0.144. The zero-order valence-electron chi connectivity index (χ0n) is 7.59. The van der Waals surface area contributed by atoms with E-state index in [0.29, 0.717) is 5.92 Å². The maximum atomic E-state index is 9.17. The van der Waals surface area contributed by atoms with Gasteiger partial charge in [0.15, 0.2) is 0 Å². The van der Waals surface area contributed by atoms with Crippen LogP contribution in [0.5, 0.6) is 0 Å². The Morgan fingerprint density at radius 3 is 2.00 bits per heavy atom. The normalized spacial score (nSPS) is 20.1. The molecule has 3 atom stereocenters. The maximum Gasteiger partial charge on any atom is 0.0537 e. The van der Waals surface area contributed by atoms with Gasteiger partial charge in [-0.1, -0.05) is 27.2 Å². The molecule has 0 amide bonds. The van der Waals surface area contributed by atoms with Gasteiger partial charge in [-0.2, -0.15) is 0 Å². The largest absolute Gasteiger partial charge is 0.393 e. The molecule has 0 rings (SSSR count). The van der Waals surface area contributed by atoms with E-state index >= 15 is 0 Å². The fourth-order valence-corrected chi connectivity index (χ4v) is 0.998. The highest BCUT2D eigenvalue weighted by atomic mass is 16.3. The second-order valence-electron chi connectivity index (χ2n) is 3.47. The van der Waals surface area contributed by atoms with E-state index in [9.17, 15) is 0 Å². The van der Waals surface area contributed by atoms with Crippen LogP contribution in [0.25, 0.3) is 0 Å². The molecule has 10 heavy (non-hydrogen) atoms. The number of rotatable bonds is 4. The van der Waals surface area contributed by atoms with Gasteiger partial charge < -0.3 is 5.11 Å². The van der Waals surface area contributed by atoms with E-state index in [1.807, 2.05) is 6.92 Å². The standard InChI is InChI=1S/C9H20O/c1-5-7(2)6-8(3)9(4)10/h7-10H,5-6H2,1-4H3/t7-,8+,9-/m1/s1. The Labute approximate surface area is 64.5 Å². The van der Waals surface area contributed by atoms with Crippen molar-refractivity contribution in [3.63, 3.8) is 0 Å². The summed E-state index contributed by atoms with van der Waals surface area (Å²) in [6.07, 6.45) is 2.22. The Hall–Kier alpha value is -0.0400. The van der Waals surface area contributed by atoms with Gasteiger partial charge >= 0.3 is 0 Å². The van der Waals surface area contributed by atoms with Crippen molar-refractivity contribution >= 4 is 0 Å². The third-order valence-electron chi connectivity index (χ3n) is 2.29. The highest BCUT2D eigenvalue weighted by Gasteiger charge is 2.11. The second kappa shape index (κ2) is 4.73. The van der Waals surface area contributed by atoms with Gasteiger partial charge in [-0.3, -0.25) is 0 Å².